The number of nitrogens with one attached hydrogen (secondary N) is 1. The van der Waals surface area contributed by atoms with Crippen LogP contribution in [0.1, 0.15) is 18.9 Å². The maximum Gasteiger partial charge on any atom is 0.330 e. The molecule has 1 amide bonds. The first-order valence-corrected chi connectivity index (χ1v) is 5.66. The summed E-state index contributed by atoms with van der Waals surface area (Å²) < 4.78 is 4.47. The van der Waals surface area contributed by atoms with Gasteiger partial charge in [-0.3, -0.25) is 9.59 Å². The largest absolute Gasteiger partial charge is 0.466 e. The van der Waals surface area contributed by atoms with Gasteiger partial charge in [-0.1, -0.05) is 12.1 Å². The van der Waals surface area contributed by atoms with Gasteiger partial charge in [0.2, 0.25) is 5.91 Å². The number of hydrogen-bond acceptors (Lipinski definition) is 4. The van der Waals surface area contributed by atoms with Crippen molar-refractivity contribution in [2.45, 2.75) is 13.3 Å². The fraction of sp³-hybridized carbons (Fsp3) is 0.214. The fourth-order valence-electron chi connectivity index (χ4n) is 1.34. The van der Waals surface area contributed by atoms with Crippen molar-refractivity contribution >= 4 is 29.4 Å². The van der Waals surface area contributed by atoms with Gasteiger partial charge in [-0.15, -0.1) is 0 Å². The van der Waals surface area contributed by atoms with Gasteiger partial charge in [-0.25, -0.2) is 4.79 Å². The number of carbonyl (C=O) groups excluding carboxylic acids is 3. The summed E-state index contributed by atoms with van der Waals surface area (Å²) in [4.78, 5) is 33.0. The smallest absolute Gasteiger partial charge is 0.330 e. The Balaban J connectivity index is 2.61. The van der Waals surface area contributed by atoms with Crippen LogP contribution in [0.2, 0.25) is 0 Å². The van der Waals surface area contributed by atoms with Gasteiger partial charge in [0.1, 0.15) is 5.78 Å². The molecule has 100 valence electrons. The molecule has 0 aliphatic heterocycles. The lowest BCUT2D eigenvalue weighted by atomic mass is 10.2. The average Bonchev–Trinajstić information content (AvgIpc) is 2.36. The normalized spacial score (nSPS) is 10.2. The van der Waals surface area contributed by atoms with Crippen molar-refractivity contribution in [3.63, 3.8) is 0 Å². The minimum Gasteiger partial charge on any atom is -0.466 e. The van der Waals surface area contributed by atoms with E-state index < -0.39 is 5.97 Å². The number of ketones is 1. The van der Waals surface area contributed by atoms with Crippen LogP contribution in [0.3, 0.4) is 0 Å². The number of methoxy groups -OCH3 is 1. The van der Waals surface area contributed by atoms with Gasteiger partial charge in [-0.2, -0.15) is 0 Å². The second-order valence-electron chi connectivity index (χ2n) is 3.91. The summed E-state index contributed by atoms with van der Waals surface area (Å²) in [6, 6.07) is 6.86. The van der Waals surface area contributed by atoms with Gasteiger partial charge in [0.15, 0.2) is 0 Å². The SMILES string of the molecule is COC(=O)C=Cc1ccc(NC(=O)CC(C)=O)cc1. The molecular formula is C14H15NO4. The van der Waals surface area contributed by atoms with Crippen LogP contribution in [0.5, 0.6) is 0 Å². The van der Waals surface area contributed by atoms with Gasteiger partial charge in [-0.05, 0) is 30.7 Å². The van der Waals surface area contributed by atoms with Gasteiger partial charge in [0, 0.05) is 11.8 Å². The zero-order chi connectivity index (χ0) is 14.3. The number of carbonyl (C=O) groups is 3. The Hall–Kier alpha value is -2.43. The van der Waals surface area contributed by atoms with E-state index in [0.717, 1.165) is 5.56 Å². The van der Waals surface area contributed by atoms with Gasteiger partial charge < -0.3 is 10.1 Å². The van der Waals surface area contributed by atoms with Crippen molar-refractivity contribution in [1.82, 2.24) is 0 Å². The molecule has 0 fully saturated rings. The fourth-order valence-corrected chi connectivity index (χ4v) is 1.34. The number of anilines is 1. The zero-order valence-corrected chi connectivity index (χ0v) is 10.8. The number of esters is 1. The number of hydrogen-bond donors (Lipinski definition) is 1. The van der Waals surface area contributed by atoms with Crippen LogP contribution in [-0.2, 0) is 19.1 Å². The molecule has 0 atom stereocenters. The lowest BCUT2D eigenvalue weighted by Crippen LogP contribution is -2.14. The van der Waals surface area contributed by atoms with Crippen molar-refractivity contribution < 1.29 is 19.1 Å². The lowest BCUT2D eigenvalue weighted by Gasteiger charge is -2.03. The highest BCUT2D eigenvalue weighted by Crippen LogP contribution is 2.11. The second-order valence-corrected chi connectivity index (χ2v) is 3.91. The first kappa shape index (κ1) is 14.6. The Labute approximate surface area is 111 Å². The first-order chi connectivity index (χ1) is 9.01. The summed E-state index contributed by atoms with van der Waals surface area (Å²) in [5.74, 6) is -0.959. The molecule has 1 N–H and O–H groups in total. The van der Waals surface area contributed by atoms with E-state index in [2.05, 4.69) is 10.1 Å². The van der Waals surface area contributed by atoms with Crippen LogP contribution in [0.15, 0.2) is 30.3 Å². The van der Waals surface area contributed by atoms with Crippen LogP contribution < -0.4 is 5.32 Å². The van der Waals surface area contributed by atoms with E-state index in [1.165, 1.54) is 20.1 Å². The molecule has 0 bridgehead atoms. The summed E-state index contributed by atoms with van der Waals surface area (Å²) in [5.41, 5.74) is 1.40. The average molecular weight is 261 g/mol. The first-order valence-electron chi connectivity index (χ1n) is 5.66. The maximum absolute atomic E-state index is 11.4. The van der Waals surface area contributed by atoms with E-state index in [1.54, 1.807) is 30.3 Å². The van der Waals surface area contributed by atoms with E-state index in [9.17, 15) is 14.4 Å². The molecule has 0 radical (unpaired) electrons. The summed E-state index contributed by atoms with van der Waals surface area (Å²) in [6.07, 6.45) is 2.78. The molecule has 0 aliphatic rings. The molecule has 0 saturated carbocycles. The third-order valence-corrected chi connectivity index (χ3v) is 2.22. The van der Waals surface area contributed by atoms with Crippen LogP contribution in [0.4, 0.5) is 5.69 Å². The quantitative estimate of drug-likeness (QED) is 0.498. The number of benzene rings is 1. The minimum atomic E-state index is -0.432. The van der Waals surface area contributed by atoms with Crippen molar-refractivity contribution in [3.8, 4) is 0 Å². The summed E-state index contributed by atoms with van der Waals surface area (Å²) >= 11 is 0. The van der Waals surface area contributed by atoms with E-state index in [1.807, 2.05) is 0 Å². The Kier molecular flexibility index (Phi) is 5.47. The predicted molar refractivity (Wildman–Crippen MR) is 71.4 cm³/mol. The minimum absolute atomic E-state index is 0.135. The topological polar surface area (TPSA) is 72.5 Å². The van der Waals surface area contributed by atoms with Crippen molar-refractivity contribution in [2.24, 2.45) is 0 Å². The monoisotopic (exact) mass is 261 g/mol. The molecular weight excluding hydrogens is 246 g/mol. The molecule has 1 aromatic carbocycles. The zero-order valence-electron chi connectivity index (χ0n) is 10.8. The Bertz CT molecular complexity index is 503. The van der Waals surface area contributed by atoms with Crippen molar-refractivity contribution in [1.29, 1.82) is 0 Å². The second kappa shape index (κ2) is 7.10. The molecule has 1 aromatic rings. The number of rotatable bonds is 5. The number of amides is 1. The highest BCUT2D eigenvalue weighted by atomic mass is 16.5. The summed E-state index contributed by atoms with van der Waals surface area (Å²) in [5, 5.41) is 2.60. The molecule has 5 nitrogen and oxygen atoms in total. The summed E-state index contributed by atoms with van der Waals surface area (Å²) in [6.45, 7) is 1.36. The molecule has 19 heavy (non-hydrogen) atoms. The van der Waals surface area contributed by atoms with E-state index >= 15 is 0 Å². The van der Waals surface area contributed by atoms with Crippen LogP contribution in [-0.4, -0.2) is 24.8 Å². The van der Waals surface area contributed by atoms with Gasteiger partial charge in [0.05, 0.1) is 13.5 Å². The van der Waals surface area contributed by atoms with Crippen LogP contribution in [0.25, 0.3) is 6.08 Å². The van der Waals surface area contributed by atoms with Crippen LogP contribution in [0, 0.1) is 0 Å². The molecule has 0 unspecified atom stereocenters. The predicted octanol–water partition coefficient (Wildman–Crippen LogP) is 1.79. The highest BCUT2D eigenvalue weighted by molar-refractivity contribution is 6.03. The highest BCUT2D eigenvalue weighted by Gasteiger charge is 2.04. The number of ether oxygens (including phenoxy) is 1. The van der Waals surface area contributed by atoms with Crippen LogP contribution >= 0.6 is 0 Å². The van der Waals surface area contributed by atoms with E-state index in [0.29, 0.717) is 5.69 Å². The third kappa shape index (κ3) is 5.63. The standard InChI is InChI=1S/C14H15NO4/c1-10(16)9-13(17)15-12-6-3-11(4-7-12)5-8-14(18)19-2/h3-8H,9H2,1-2H3,(H,15,17). The Morgan fingerprint density at radius 2 is 1.84 bits per heavy atom. The van der Waals surface area contributed by atoms with Crippen molar-refractivity contribution in [3.05, 3.63) is 35.9 Å². The molecule has 0 aliphatic carbocycles. The maximum atomic E-state index is 11.4. The molecule has 0 spiro atoms. The Morgan fingerprint density at radius 3 is 2.37 bits per heavy atom. The van der Waals surface area contributed by atoms with E-state index in [-0.39, 0.29) is 18.1 Å². The lowest BCUT2D eigenvalue weighted by molar-refractivity contribution is -0.134. The molecule has 0 heterocycles. The van der Waals surface area contributed by atoms with Crippen molar-refractivity contribution in [2.75, 3.05) is 12.4 Å². The van der Waals surface area contributed by atoms with E-state index in [4.69, 9.17) is 0 Å². The molecule has 1 rings (SSSR count). The Morgan fingerprint density at radius 1 is 1.21 bits per heavy atom. The number of Topliss-reactive ketones (excluding diaryl/α,β-unsaturated/α-hetero) is 1. The van der Waals surface area contributed by atoms with Gasteiger partial charge >= 0.3 is 5.97 Å². The molecule has 0 saturated heterocycles. The van der Waals surface area contributed by atoms with Gasteiger partial charge in [0.25, 0.3) is 0 Å². The third-order valence-electron chi connectivity index (χ3n) is 2.22. The molecule has 5 heteroatoms. The summed E-state index contributed by atoms with van der Waals surface area (Å²) in [7, 11) is 1.31. The molecule has 0 aromatic heterocycles.